The Morgan fingerprint density at radius 3 is 2.73 bits per heavy atom. The number of hydrogen-bond acceptors (Lipinski definition) is 6. The van der Waals surface area contributed by atoms with Crippen LogP contribution in [0.1, 0.15) is 6.42 Å². The lowest BCUT2D eigenvalue weighted by Crippen LogP contribution is -2.23. The minimum absolute atomic E-state index is 0.0483. The van der Waals surface area contributed by atoms with Gasteiger partial charge >= 0.3 is 5.69 Å². The Balaban J connectivity index is 2.22. The molecule has 1 aromatic heterocycles. The minimum Gasteiger partial charge on any atom is -0.379 e. The van der Waals surface area contributed by atoms with Gasteiger partial charge in [-0.3, -0.25) is 10.1 Å². The molecule has 0 aliphatic heterocycles. The molecule has 0 saturated carbocycles. The first-order chi connectivity index (χ1) is 10.4. The summed E-state index contributed by atoms with van der Waals surface area (Å²) in [6.45, 7) is 0.301. The fourth-order valence-corrected chi connectivity index (χ4v) is 2.76. The Kier molecular flexibility index (Phi) is 4.88. The third kappa shape index (κ3) is 3.68. The fraction of sp³-hybridized carbons (Fsp3) is 0.308. The monoisotopic (exact) mass is 324 g/mol. The van der Waals surface area contributed by atoms with Crippen LogP contribution in [0.3, 0.4) is 0 Å². The van der Waals surface area contributed by atoms with E-state index in [0.717, 1.165) is 0 Å². The highest BCUT2D eigenvalue weighted by atomic mass is 32.2. The predicted octanol–water partition coefficient (Wildman–Crippen LogP) is 1.49. The second-order valence-corrected chi connectivity index (χ2v) is 6.64. The second-order valence-electron chi connectivity index (χ2n) is 4.60. The summed E-state index contributed by atoms with van der Waals surface area (Å²) < 4.78 is 24.9. The zero-order valence-corrected chi connectivity index (χ0v) is 12.8. The Morgan fingerprint density at radius 1 is 1.32 bits per heavy atom. The summed E-state index contributed by atoms with van der Waals surface area (Å²) in [7, 11) is -1.93. The lowest BCUT2D eigenvalue weighted by atomic mass is 10.1. The zero-order chi connectivity index (χ0) is 16.2. The van der Waals surface area contributed by atoms with Crippen LogP contribution in [-0.2, 0) is 10.0 Å². The predicted molar refractivity (Wildman–Crippen MR) is 84.4 cm³/mol. The molecule has 0 aliphatic rings. The summed E-state index contributed by atoms with van der Waals surface area (Å²) in [5.41, 5.74) is 0.867. The maximum atomic E-state index is 11.3. The Bertz CT molecular complexity index is 792. The van der Waals surface area contributed by atoms with Crippen molar-refractivity contribution >= 4 is 32.3 Å². The van der Waals surface area contributed by atoms with Gasteiger partial charge in [-0.2, -0.15) is 0 Å². The second kappa shape index (κ2) is 6.67. The van der Waals surface area contributed by atoms with Gasteiger partial charge in [-0.15, -0.1) is 0 Å². The molecule has 0 saturated heterocycles. The number of benzene rings is 1. The number of anilines is 1. The molecule has 1 aromatic carbocycles. The molecule has 0 amide bonds. The van der Waals surface area contributed by atoms with Crippen molar-refractivity contribution in [3.8, 4) is 0 Å². The molecule has 8 nitrogen and oxygen atoms in total. The summed E-state index contributed by atoms with van der Waals surface area (Å²) in [6.07, 6.45) is 1.53. The molecule has 0 unspecified atom stereocenters. The lowest BCUT2D eigenvalue weighted by Gasteiger charge is -2.10. The number of nitrogens with zero attached hydrogens (tertiary/aromatic N) is 2. The molecule has 2 N–H and O–H groups in total. The van der Waals surface area contributed by atoms with Crippen LogP contribution in [-0.4, -0.2) is 37.7 Å². The molecule has 1 heterocycles. The normalized spacial score (nSPS) is 11.5. The highest BCUT2D eigenvalue weighted by Crippen LogP contribution is 2.31. The lowest BCUT2D eigenvalue weighted by molar-refractivity contribution is -0.384. The van der Waals surface area contributed by atoms with Crippen LogP contribution in [0, 0.1) is 10.1 Å². The number of nitro groups is 1. The van der Waals surface area contributed by atoms with Crippen molar-refractivity contribution in [2.24, 2.45) is 0 Å². The Morgan fingerprint density at radius 2 is 2.05 bits per heavy atom. The van der Waals surface area contributed by atoms with Crippen molar-refractivity contribution < 1.29 is 13.3 Å². The maximum Gasteiger partial charge on any atom is 0.311 e. The largest absolute Gasteiger partial charge is 0.379 e. The number of para-hydroxylation sites is 1. The van der Waals surface area contributed by atoms with Gasteiger partial charge in [-0.1, -0.05) is 18.2 Å². The average molecular weight is 324 g/mol. The van der Waals surface area contributed by atoms with Gasteiger partial charge in [0.1, 0.15) is 11.9 Å². The van der Waals surface area contributed by atoms with E-state index in [2.05, 4.69) is 15.0 Å². The van der Waals surface area contributed by atoms with Crippen LogP contribution < -0.4 is 10.0 Å². The van der Waals surface area contributed by atoms with Crippen LogP contribution in [0.25, 0.3) is 10.9 Å². The molecule has 118 valence electrons. The molecule has 0 radical (unpaired) electrons. The highest BCUT2D eigenvalue weighted by Gasteiger charge is 2.17. The van der Waals surface area contributed by atoms with E-state index >= 15 is 0 Å². The zero-order valence-electron chi connectivity index (χ0n) is 11.9. The smallest absolute Gasteiger partial charge is 0.311 e. The number of sulfonamides is 1. The van der Waals surface area contributed by atoms with Gasteiger partial charge in [0, 0.05) is 11.9 Å². The number of rotatable bonds is 7. The third-order valence-corrected chi connectivity index (χ3v) is 4.60. The summed E-state index contributed by atoms with van der Waals surface area (Å²) in [5.74, 6) is -0.0483. The fourth-order valence-electron chi connectivity index (χ4n) is 2.03. The van der Waals surface area contributed by atoms with Crippen LogP contribution in [0.4, 0.5) is 11.4 Å². The molecule has 0 aliphatic carbocycles. The summed E-state index contributed by atoms with van der Waals surface area (Å²) in [4.78, 5) is 14.7. The van der Waals surface area contributed by atoms with E-state index < -0.39 is 14.9 Å². The average Bonchev–Trinajstić information content (AvgIpc) is 2.51. The van der Waals surface area contributed by atoms with Gasteiger partial charge in [-0.05, 0) is 19.5 Å². The number of hydrogen-bond donors (Lipinski definition) is 2. The SMILES string of the molecule is CNS(=O)(=O)CCCNc1c([N+](=O)[O-])cnc2ccccc12. The quantitative estimate of drug-likeness (QED) is 0.453. The minimum atomic E-state index is -3.28. The Hall–Kier alpha value is -2.26. The summed E-state index contributed by atoms with van der Waals surface area (Å²) in [5, 5.41) is 14.7. The van der Waals surface area contributed by atoms with Crippen LogP contribution in [0.2, 0.25) is 0 Å². The van der Waals surface area contributed by atoms with E-state index in [4.69, 9.17) is 0 Å². The van der Waals surface area contributed by atoms with Gasteiger partial charge in [0.15, 0.2) is 0 Å². The topological polar surface area (TPSA) is 114 Å². The first-order valence-electron chi connectivity index (χ1n) is 6.62. The molecule has 0 atom stereocenters. The van der Waals surface area contributed by atoms with Crippen LogP contribution in [0.15, 0.2) is 30.5 Å². The maximum absolute atomic E-state index is 11.3. The van der Waals surface area contributed by atoms with E-state index in [1.54, 1.807) is 24.3 Å². The van der Waals surface area contributed by atoms with Gasteiger partial charge in [-0.25, -0.2) is 18.1 Å². The van der Waals surface area contributed by atoms with E-state index in [9.17, 15) is 18.5 Å². The van der Waals surface area contributed by atoms with Gasteiger partial charge in [0.2, 0.25) is 10.0 Å². The summed E-state index contributed by atoms with van der Waals surface area (Å²) >= 11 is 0. The molecule has 9 heteroatoms. The molecule has 0 fully saturated rings. The standard InChI is InChI=1S/C13H16N4O4S/c1-14-22(20,21)8-4-7-15-13-10-5-2-3-6-11(10)16-9-12(13)17(18)19/h2-3,5-6,9,14H,4,7-8H2,1H3,(H,15,16). The van der Waals surface area contributed by atoms with Crippen molar-refractivity contribution in [2.45, 2.75) is 6.42 Å². The summed E-state index contributed by atoms with van der Waals surface area (Å²) in [6, 6.07) is 7.06. The van der Waals surface area contributed by atoms with Crippen molar-refractivity contribution in [3.05, 3.63) is 40.6 Å². The molecule has 0 spiro atoms. The molecule has 2 rings (SSSR count). The first-order valence-corrected chi connectivity index (χ1v) is 8.27. The van der Waals surface area contributed by atoms with Gasteiger partial charge in [0.25, 0.3) is 0 Å². The third-order valence-electron chi connectivity index (χ3n) is 3.15. The van der Waals surface area contributed by atoms with E-state index in [0.29, 0.717) is 29.6 Å². The highest BCUT2D eigenvalue weighted by molar-refractivity contribution is 7.89. The van der Waals surface area contributed by atoms with E-state index in [1.165, 1.54) is 13.2 Å². The van der Waals surface area contributed by atoms with Crippen LogP contribution in [0.5, 0.6) is 0 Å². The van der Waals surface area contributed by atoms with Gasteiger partial charge in [0.05, 0.1) is 16.2 Å². The van der Waals surface area contributed by atoms with E-state index in [-0.39, 0.29) is 11.4 Å². The Labute approximate surface area is 127 Å². The van der Waals surface area contributed by atoms with Crippen molar-refractivity contribution in [1.82, 2.24) is 9.71 Å². The van der Waals surface area contributed by atoms with E-state index in [1.807, 2.05) is 0 Å². The molecule has 0 bridgehead atoms. The number of fused-ring (bicyclic) bond motifs is 1. The van der Waals surface area contributed by atoms with Crippen molar-refractivity contribution in [1.29, 1.82) is 0 Å². The number of nitrogens with one attached hydrogen (secondary N) is 2. The van der Waals surface area contributed by atoms with Crippen molar-refractivity contribution in [3.63, 3.8) is 0 Å². The first kappa shape index (κ1) is 16.1. The molecule has 2 aromatic rings. The molecular weight excluding hydrogens is 308 g/mol. The van der Waals surface area contributed by atoms with Gasteiger partial charge < -0.3 is 5.32 Å². The number of pyridine rings is 1. The number of aromatic nitrogens is 1. The van der Waals surface area contributed by atoms with Crippen LogP contribution >= 0.6 is 0 Å². The molecule has 22 heavy (non-hydrogen) atoms. The van der Waals surface area contributed by atoms with Crippen molar-refractivity contribution in [2.75, 3.05) is 24.7 Å². The molecular formula is C13H16N4O4S.